The summed E-state index contributed by atoms with van der Waals surface area (Å²) in [5.74, 6) is -0.476. The molecule has 2 heterocycles. The highest BCUT2D eigenvalue weighted by Gasteiger charge is 2.55. The molecule has 1 atom stereocenters. The molecule has 0 unspecified atom stereocenters. The van der Waals surface area contributed by atoms with Gasteiger partial charge in [-0.1, -0.05) is 0 Å². The number of nitriles is 1. The number of ether oxygens (including phenoxy) is 1. The number of likely N-dealkylation sites (tertiary alicyclic amines) is 1. The Labute approximate surface area is 125 Å². The molecule has 2 saturated heterocycles. The second-order valence-corrected chi connectivity index (χ2v) is 7.00. The Morgan fingerprint density at radius 3 is 2.48 bits per heavy atom. The molecule has 114 valence electrons. The molecule has 5 heteroatoms. The Morgan fingerprint density at radius 2 is 1.90 bits per heavy atom. The average Bonchev–Trinajstić information content (AvgIpc) is 3.07. The summed E-state index contributed by atoms with van der Waals surface area (Å²) in [7, 11) is 0. The van der Waals surface area contributed by atoms with E-state index >= 15 is 0 Å². The first-order chi connectivity index (χ1) is 9.98. The van der Waals surface area contributed by atoms with Crippen LogP contribution >= 0.6 is 0 Å². The molecule has 0 aromatic heterocycles. The molecule has 5 nitrogen and oxygen atoms in total. The van der Waals surface area contributed by atoms with Gasteiger partial charge in [-0.05, 0) is 45.4 Å². The van der Waals surface area contributed by atoms with Crippen LogP contribution in [-0.4, -0.2) is 35.5 Å². The van der Waals surface area contributed by atoms with Crippen LogP contribution in [0.3, 0.4) is 0 Å². The van der Waals surface area contributed by atoms with E-state index in [-0.39, 0.29) is 29.6 Å². The van der Waals surface area contributed by atoms with Crippen LogP contribution in [0.5, 0.6) is 0 Å². The van der Waals surface area contributed by atoms with Crippen LogP contribution < -0.4 is 0 Å². The Bertz CT molecular complexity index is 494. The average molecular weight is 290 g/mol. The normalized spacial score (nSPS) is 30.2. The van der Waals surface area contributed by atoms with Crippen molar-refractivity contribution in [2.24, 2.45) is 11.3 Å². The smallest absolute Gasteiger partial charge is 0.307 e. The number of piperidine rings is 1. The van der Waals surface area contributed by atoms with E-state index in [0.29, 0.717) is 25.9 Å². The summed E-state index contributed by atoms with van der Waals surface area (Å²) in [5.41, 5.74) is -0.839. The zero-order valence-electron chi connectivity index (χ0n) is 12.6. The standard InChI is InChI=1S/C16H22N2O3/c1-15(11-17)6-8-18(9-7-15)14(20)12-10-13(19)21-16(12)4-2-3-5-16/h12H,2-10H2,1H3/t12-/m0/s1. The largest absolute Gasteiger partial charge is 0.458 e. The van der Waals surface area contributed by atoms with Crippen molar-refractivity contribution < 1.29 is 14.3 Å². The Hall–Kier alpha value is -1.57. The molecule has 3 fully saturated rings. The number of hydrogen-bond donors (Lipinski definition) is 0. The minimum absolute atomic E-state index is 0.0581. The Balaban J connectivity index is 1.71. The van der Waals surface area contributed by atoms with Gasteiger partial charge in [0.2, 0.25) is 5.91 Å². The van der Waals surface area contributed by atoms with E-state index in [2.05, 4.69) is 6.07 Å². The highest BCUT2D eigenvalue weighted by atomic mass is 16.6. The van der Waals surface area contributed by atoms with Crippen LogP contribution in [0.15, 0.2) is 0 Å². The van der Waals surface area contributed by atoms with Gasteiger partial charge in [0.25, 0.3) is 0 Å². The van der Waals surface area contributed by atoms with Gasteiger partial charge >= 0.3 is 5.97 Å². The third-order valence-electron chi connectivity index (χ3n) is 5.52. The lowest BCUT2D eigenvalue weighted by atomic mass is 9.80. The molecule has 3 aliphatic rings. The Morgan fingerprint density at radius 1 is 1.29 bits per heavy atom. The third kappa shape index (κ3) is 2.41. The van der Waals surface area contributed by atoms with Gasteiger partial charge in [-0.3, -0.25) is 9.59 Å². The van der Waals surface area contributed by atoms with E-state index < -0.39 is 5.60 Å². The molecule has 0 N–H and O–H groups in total. The molecule has 1 amide bonds. The van der Waals surface area contributed by atoms with Gasteiger partial charge in [0.05, 0.1) is 23.8 Å². The highest BCUT2D eigenvalue weighted by Crippen LogP contribution is 2.46. The third-order valence-corrected chi connectivity index (χ3v) is 5.52. The predicted octanol–water partition coefficient (Wildman–Crippen LogP) is 2.01. The van der Waals surface area contributed by atoms with Crippen molar-refractivity contribution in [2.45, 2.75) is 57.5 Å². The molecule has 2 aliphatic heterocycles. The van der Waals surface area contributed by atoms with Crippen LogP contribution in [0.25, 0.3) is 0 Å². The topological polar surface area (TPSA) is 70.4 Å². The van der Waals surface area contributed by atoms with Crippen molar-refractivity contribution in [3.63, 3.8) is 0 Å². The van der Waals surface area contributed by atoms with Crippen molar-refractivity contribution in [3.05, 3.63) is 0 Å². The fraction of sp³-hybridized carbons (Fsp3) is 0.812. The Kier molecular flexibility index (Phi) is 3.43. The van der Waals surface area contributed by atoms with Gasteiger partial charge in [0.15, 0.2) is 0 Å². The highest BCUT2D eigenvalue weighted by molar-refractivity contribution is 5.88. The van der Waals surface area contributed by atoms with E-state index in [4.69, 9.17) is 4.74 Å². The zero-order valence-corrected chi connectivity index (χ0v) is 12.6. The lowest BCUT2D eigenvalue weighted by molar-refractivity contribution is -0.152. The molecule has 0 bridgehead atoms. The number of amides is 1. The summed E-state index contributed by atoms with van der Waals surface area (Å²) in [6.07, 6.45) is 5.35. The second-order valence-electron chi connectivity index (χ2n) is 7.00. The molecule has 0 aromatic carbocycles. The predicted molar refractivity (Wildman–Crippen MR) is 74.9 cm³/mol. The van der Waals surface area contributed by atoms with Gasteiger partial charge < -0.3 is 9.64 Å². The SMILES string of the molecule is CC1(C#N)CCN(C(=O)[C@@H]2CC(=O)OC23CCCC3)CC1. The van der Waals surface area contributed by atoms with Crippen LogP contribution in [0, 0.1) is 22.7 Å². The molecule has 1 spiro atoms. The number of esters is 1. The maximum atomic E-state index is 12.8. The van der Waals surface area contributed by atoms with E-state index in [0.717, 1.165) is 25.7 Å². The first-order valence-electron chi connectivity index (χ1n) is 7.90. The fourth-order valence-electron chi connectivity index (χ4n) is 3.98. The van der Waals surface area contributed by atoms with Gasteiger partial charge in [-0.2, -0.15) is 5.26 Å². The summed E-state index contributed by atoms with van der Waals surface area (Å²) in [6, 6.07) is 2.35. The summed E-state index contributed by atoms with van der Waals surface area (Å²) < 4.78 is 5.56. The molecule has 0 aromatic rings. The van der Waals surface area contributed by atoms with Crippen molar-refractivity contribution in [3.8, 4) is 6.07 Å². The van der Waals surface area contributed by atoms with Gasteiger partial charge in [-0.25, -0.2) is 0 Å². The van der Waals surface area contributed by atoms with Crippen LogP contribution in [0.2, 0.25) is 0 Å². The number of hydrogen-bond acceptors (Lipinski definition) is 4. The monoisotopic (exact) mass is 290 g/mol. The van der Waals surface area contributed by atoms with Gasteiger partial charge in [0, 0.05) is 13.1 Å². The van der Waals surface area contributed by atoms with Crippen molar-refractivity contribution in [1.29, 1.82) is 5.26 Å². The minimum atomic E-state index is -0.524. The van der Waals surface area contributed by atoms with Crippen LogP contribution in [-0.2, 0) is 14.3 Å². The maximum Gasteiger partial charge on any atom is 0.307 e. The van der Waals surface area contributed by atoms with Crippen LogP contribution in [0.4, 0.5) is 0 Å². The number of rotatable bonds is 1. The minimum Gasteiger partial charge on any atom is -0.458 e. The van der Waals surface area contributed by atoms with Gasteiger partial charge in [-0.15, -0.1) is 0 Å². The summed E-state index contributed by atoms with van der Waals surface area (Å²) in [6.45, 7) is 3.18. The second kappa shape index (κ2) is 5.01. The van der Waals surface area contributed by atoms with E-state index in [1.807, 2.05) is 11.8 Å². The molecule has 3 rings (SSSR count). The van der Waals surface area contributed by atoms with Gasteiger partial charge in [0.1, 0.15) is 5.60 Å². The van der Waals surface area contributed by atoms with E-state index in [1.54, 1.807) is 0 Å². The number of carbonyl (C=O) groups excluding carboxylic acids is 2. The number of carbonyl (C=O) groups is 2. The molecule has 0 radical (unpaired) electrons. The van der Waals surface area contributed by atoms with E-state index in [9.17, 15) is 14.9 Å². The molecule has 21 heavy (non-hydrogen) atoms. The molecular weight excluding hydrogens is 268 g/mol. The fourth-order valence-corrected chi connectivity index (χ4v) is 3.98. The van der Waals surface area contributed by atoms with E-state index in [1.165, 1.54) is 0 Å². The summed E-state index contributed by atoms with van der Waals surface area (Å²) >= 11 is 0. The summed E-state index contributed by atoms with van der Waals surface area (Å²) in [4.78, 5) is 26.4. The molecular formula is C16H22N2O3. The molecule has 1 saturated carbocycles. The number of nitrogens with zero attached hydrogens (tertiary/aromatic N) is 2. The lowest BCUT2D eigenvalue weighted by Crippen LogP contribution is -2.48. The zero-order chi connectivity index (χ0) is 15.1. The lowest BCUT2D eigenvalue weighted by Gasteiger charge is -2.38. The van der Waals surface area contributed by atoms with Crippen molar-refractivity contribution >= 4 is 11.9 Å². The first-order valence-corrected chi connectivity index (χ1v) is 7.90. The molecule has 1 aliphatic carbocycles. The van der Waals surface area contributed by atoms with Crippen LogP contribution in [0.1, 0.15) is 51.9 Å². The summed E-state index contributed by atoms with van der Waals surface area (Å²) in [5, 5.41) is 9.17. The maximum absolute atomic E-state index is 12.8. The quantitative estimate of drug-likeness (QED) is 0.693. The first kappa shape index (κ1) is 14.4. The van der Waals surface area contributed by atoms with Crippen molar-refractivity contribution in [2.75, 3.05) is 13.1 Å². The van der Waals surface area contributed by atoms with Crippen molar-refractivity contribution in [1.82, 2.24) is 4.90 Å².